The van der Waals surface area contributed by atoms with Gasteiger partial charge in [-0.15, -0.1) is 0 Å². The number of hydrogen-bond donors (Lipinski definition) is 3. The molecule has 7 heteroatoms. The summed E-state index contributed by atoms with van der Waals surface area (Å²) in [5, 5.41) is 14.4. The van der Waals surface area contributed by atoms with Gasteiger partial charge in [0.05, 0.1) is 11.6 Å². The van der Waals surface area contributed by atoms with E-state index in [4.69, 9.17) is 5.11 Å². The van der Waals surface area contributed by atoms with Crippen molar-refractivity contribution in [2.24, 2.45) is 5.92 Å². The molecule has 2 unspecified atom stereocenters. The van der Waals surface area contributed by atoms with Gasteiger partial charge in [0.1, 0.15) is 5.56 Å². The molecular weight excluding hydrogens is 346 g/mol. The second-order valence-corrected chi connectivity index (χ2v) is 6.78. The number of benzene rings is 1. The van der Waals surface area contributed by atoms with Crippen LogP contribution in [0.4, 0.5) is 0 Å². The van der Waals surface area contributed by atoms with Crippen molar-refractivity contribution in [2.45, 2.75) is 25.4 Å². The summed E-state index contributed by atoms with van der Waals surface area (Å²) in [6.45, 7) is 1.87. The van der Waals surface area contributed by atoms with Crippen LogP contribution in [0, 0.1) is 5.92 Å². The van der Waals surface area contributed by atoms with Crippen LogP contribution in [0.3, 0.4) is 0 Å². The molecule has 1 aliphatic rings. The fourth-order valence-electron chi connectivity index (χ4n) is 3.08. The largest absolute Gasteiger partial charge is 0.396 e. The van der Waals surface area contributed by atoms with E-state index in [0.29, 0.717) is 0 Å². The summed E-state index contributed by atoms with van der Waals surface area (Å²) in [6, 6.07) is 10.3. The van der Waals surface area contributed by atoms with E-state index in [1.807, 2.05) is 37.3 Å². The van der Waals surface area contributed by atoms with Crippen molar-refractivity contribution >= 4 is 11.8 Å². The van der Waals surface area contributed by atoms with Gasteiger partial charge in [0.25, 0.3) is 17.4 Å². The topological polar surface area (TPSA) is 100 Å². The standard InChI is InChI=1S/C20H23N3O4/c1-12(13-6-4-3-5-7-13)23-10-14(8-16(20(23)27)19(26)21-2)18(25)22-17-9-15(17)11-24/h3-8,10,12,15,17,24H,9,11H2,1-2H3,(H,21,26)(H,22,25)/t12-,15?,17?/m1/s1. The lowest BCUT2D eigenvalue weighted by Gasteiger charge is -2.18. The molecule has 1 aromatic carbocycles. The lowest BCUT2D eigenvalue weighted by molar-refractivity contribution is 0.0946. The first-order chi connectivity index (χ1) is 13.0. The third-order valence-electron chi connectivity index (χ3n) is 4.95. The highest BCUT2D eigenvalue weighted by Gasteiger charge is 2.37. The molecule has 3 atom stereocenters. The number of hydrogen-bond acceptors (Lipinski definition) is 4. The quantitative estimate of drug-likeness (QED) is 0.705. The van der Waals surface area contributed by atoms with E-state index in [2.05, 4.69) is 10.6 Å². The van der Waals surface area contributed by atoms with Crippen molar-refractivity contribution in [3.05, 3.63) is 69.6 Å². The van der Waals surface area contributed by atoms with E-state index in [9.17, 15) is 14.4 Å². The molecule has 142 valence electrons. The molecule has 0 aliphatic heterocycles. The molecule has 1 aromatic heterocycles. The smallest absolute Gasteiger partial charge is 0.264 e. The summed E-state index contributed by atoms with van der Waals surface area (Å²) in [5.74, 6) is -0.833. The van der Waals surface area contributed by atoms with Crippen LogP contribution in [-0.4, -0.2) is 41.2 Å². The van der Waals surface area contributed by atoms with E-state index in [1.165, 1.54) is 23.9 Å². The Balaban J connectivity index is 2.00. The zero-order valence-electron chi connectivity index (χ0n) is 15.3. The van der Waals surface area contributed by atoms with Gasteiger partial charge in [0.2, 0.25) is 0 Å². The molecular formula is C20H23N3O4. The third-order valence-corrected chi connectivity index (χ3v) is 4.95. The number of carbonyl (C=O) groups excluding carboxylic acids is 2. The average molecular weight is 369 g/mol. The molecule has 2 amide bonds. The van der Waals surface area contributed by atoms with Crippen molar-refractivity contribution in [2.75, 3.05) is 13.7 Å². The number of aliphatic hydroxyl groups excluding tert-OH is 1. The van der Waals surface area contributed by atoms with Crippen LogP contribution in [0.25, 0.3) is 0 Å². The molecule has 2 aromatic rings. The third kappa shape index (κ3) is 3.93. The summed E-state index contributed by atoms with van der Waals surface area (Å²) in [5.41, 5.74) is 0.589. The summed E-state index contributed by atoms with van der Waals surface area (Å²) in [7, 11) is 1.44. The van der Waals surface area contributed by atoms with Gasteiger partial charge in [-0.2, -0.15) is 0 Å². The molecule has 1 aliphatic carbocycles. The first kappa shape index (κ1) is 18.8. The van der Waals surface area contributed by atoms with Crippen LogP contribution in [0.5, 0.6) is 0 Å². The van der Waals surface area contributed by atoms with Gasteiger partial charge in [-0.25, -0.2) is 0 Å². The second kappa shape index (κ2) is 7.75. The Hall–Kier alpha value is -2.93. The Bertz CT molecular complexity index is 907. The predicted molar refractivity (Wildman–Crippen MR) is 101 cm³/mol. The minimum atomic E-state index is -0.539. The molecule has 1 heterocycles. The van der Waals surface area contributed by atoms with Gasteiger partial charge < -0.3 is 20.3 Å². The van der Waals surface area contributed by atoms with Gasteiger partial charge in [-0.05, 0) is 25.0 Å². The molecule has 3 N–H and O–H groups in total. The average Bonchev–Trinajstić information content (AvgIpc) is 3.45. The van der Waals surface area contributed by atoms with Crippen molar-refractivity contribution in [3.8, 4) is 0 Å². The fourth-order valence-corrected chi connectivity index (χ4v) is 3.08. The van der Waals surface area contributed by atoms with Gasteiger partial charge in [0, 0.05) is 31.8 Å². The Kier molecular flexibility index (Phi) is 5.41. The SMILES string of the molecule is CNC(=O)c1cc(C(=O)NC2CC2CO)cn([C@H](C)c2ccccc2)c1=O. The number of amides is 2. The maximum absolute atomic E-state index is 12.8. The summed E-state index contributed by atoms with van der Waals surface area (Å²) in [6.07, 6.45) is 2.21. The van der Waals surface area contributed by atoms with E-state index < -0.39 is 11.5 Å². The van der Waals surface area contributed by atoms with Crippen LogP contribution in [-0.2, 0) is 0 Å². The van der Waals surface area contributed by atoms with Gasteiger partial charge in [-0.3, -0.25) is 14.4 Å². The molecule has 0 spiro atoms. The van der Waals surface area contributed by atoms with Crippen LogP contribution in [0.1, 0.15) is 45.7 Å². The van der Waals surface area contributed by atoms with Gasteiger partial charge in [-0.1, -0.05) is 30.3 Å². The van der Waals surface area contributed by atoms with E-state index in [1.54, 1.807) is 0 Å². The number of aromatic nitrogens is 1. The molecule has 0 saturated heterocycles. The molecule has 3 rings (SSSR count). The Morgan fingerprint density at radius 1 is 1.26 bits per heavy atom. The summed E-state index contributed by atoms with van der Waals surface area (Å²) >= 11 is 0. The lowest BCUT2D eigenvalue weighted by Crippen LogP contribution is -2.35. The zero-order valence-corrected chi connectivity index (χ0v) is 15.3. The lowest BCUT2D eigenvalue weighted by atomic mass is 10.1. The van der Waals surface area contributed by atoms with Crippen molar-refractivity contribution in [3.63, 3.8) is 0 Å². The molecule has 7 nitrogen and oxygen atoms in total. The molecule has 1 fully saturated rings. The van der Waals surface area contributed by atoms with E-state index in [0.717, 1.165) is 12.0 Å². The van der Waals surface area contributed by atoms with Crippen LogP contribution in [0.2, 0.25) is 0 Å². The minimum absolute atomic E-state index is 0.0268. The predicted octanol–water partition coefficient (Wildman–Crippen LogP) is 0.928. The summed E-state index contributed by atoms with van der Waals surface area (Å²) < 4.78 is 1.41. The molecule has 0 bridgehead atoms. The summed E-state index contributed by atoms with van der Waals surface area (Å²) in [4.78, 5) is 37.6. The van der Waals surface area contributed by atoms with Crippen molar-refractivity contribution < 1.29 is 14.7 Å². The monoisotopic (exact) mass is 369 g/mol. The zero-order chi connectivity index (χ0) is 19.6. The van der Waals surface area contributed by atoms with E-state index >= 15 is 0 Å². The molecule has 1 saturated carbocycles. The van der Waals surface area contributed by atoms with Gasteiger partial charge >= 0.3 is 0 Å². The van der Waals surface area contributed by atoms with Crippen LogP contribution in [0.15, 0.2) is 47.4 Å². The van der Waals surface area contributed by atoms with Crippen LogP contribution >= 0.6 is 0 Å². The number of nitrogens with one attached hydrogen (secondary N) is 2. The molecule has 0 radical (unpaired) electrons. The second-order valence-electron chi connectivity index (χ2n) is 6.78. The number of nitrogens with zero attached hydrogens (tertiary/aromatic N) is 1. The van der Waals surface area contributed by atoms with Crippen molar-refractivity contribution in [1.29, 1.82) is 0 Å². The van der Waals surface area contributed by atoms with Crippen molar-refractivity contribution in [1.82, 2.24) is 15.2 Å². The minimum Gasteiger partial charge on any atom is -0.396 e. The number of carbonyl (C=O) groups is 2. The molecule has 27 heavy (non-hydrogen) atoms. The maximum atomic E-state index is 12.8. The van der Waals surface area contributed by atoms with E-state index in [-0.39, 0.29) is 41.6 Å². The van der Waals surface area contributed by atoms with Gasteiger partial charge in [0.15, 0.2) is 0 Å². The highest BCUT2D eigenvalue weighted by Crippen LogP contribution is 2.29. The Labute approximate surface area is 157 Å². The number of rotatable bonds is 6. The Morgan fingerprint density at radius 2 is 1.96 bits per heavy atom. The maximum Gasteiger partial charge on any atom is 0.264 e. The normalized spacial score (nSPS) is 19.2. The highest BCUT2D eigenvalue weighted by atomic mass is 16.3. The first-order valence-corrected chi connectivity index (χ1v) is 8.91. The highest BCUT2D eigenvalue weighted by molar-refractivity contribution is 5.99. The number of pyridine rings is 1. The first-order valence-electron chi connectivity index (χ1n) is 8.91. The Morgan fingerprint density at radius 3 is 2.56 bits per heavy atom. The fraction of sp³-hybridized carbons (Fsp3) is 0.350. The number of aliphatic hydroxyl groups is 1. The van der Waals surface area contributed by atoms with Crippen LogP contribution < -0.4 is 16.2 Å².